The molecule has 0 radical (unpaired) electrons. The van der Waals surface area contributed by atoms with Gasteiger partial charge in [-0.3, -0.25) is 4.79 Å². The number of aliphatic hydroxyl groups is 1. The fourth-order valence-electron chi connectivity index (χ4n) is 6.17. The molecule has 196 valence electrons. The molecule has 0 aromatic heterocycles. The molecule has 1 aliphatic heterocycles. The monoisotopic (exact) mass is 493 g/mol. The van der Waals surface area contributed by atoms with Crippen LogP contribution in [0.1, 0.15) is 121 Å². The van der Waals surface area contributed by atoms with E-state index >= 15 is 0 Å². The van der Waals surface area contributed by atoms with Gasteiger partial charge in [0.25, 0.3) is 11.3 Å². The number of ketones is 1. The molecule has 3 aliphatic rings. The maximum absolute atomic E-state index is 13.2. The second-order valence-corrected chi connectivity index (χ2v) is 10.9. The Balaban J connectivity index is 1.26. The summed E-state index contributed by atoms with van der Waals surface area (Å²) in [5.41, 5.74) is 0.840. The number of hydrogen-bond acceptors (Lipinski definition) is 5. The van der Waals surface area contributed by atoms with Crippen LogP contribution in [0.3, 0.4) is 0 Å². The van der Waals surface area contributed by atoms with Gasteiger partial charge in [-0.1, -0.05) is 102 Å². The van der Waals surface area contributed by atoms with E-state index in [1.54, 1.807) is 6.07 Å². The van der Waals surface area contributed by atoms with E-state index in [4.69, 9.17) is 4.74 Å². The smallest absolute Gasteiger partial charge is 0.275 e. The van der Waals surface area contributed by atoms with Crippen LogP contribution in [0, 0.1) is 4.91 Å². The molecule has 1 aromatic rings. The molecule has 4 rings (SSSR count). The number of aryl methyl sites for hydroxylation is 1. The normalized spacial score (nSPS) is 24.3. The number of ether oxygens (including phenoxy) is 1. The first-order valence-corrected chi connectivity index (χ1v) is 14.4. The van der Waals surface area contributed by atoms with Crippen LogP contribution in [0.15, 0.2) is 46.7 Å². The average Bonchev–Trinajstić information content (AvgIpc) is 3.16. The molecule has 1 N–H and O–H groups in total. The fourth-order valence-corrected chi connectivity index (χ4v) is 6.17. The first kappa shape index (κ1) is 26.8. The van der Waals surface area contributed by atoms with E-state index in [1.165, 1.54) is 77.0 Å². The van der Waals surface area contributed by atoms with E-state index in [0.717, 1.165) is 36.8 Å². The van der Waals surface area contributed by atoms with Gasteiger partial charge in [0.1, 0.15) is 5.75 Å². The van der Waals surface area contributed by atoms with E-state index in [0.29, 0.717) is 16.9 Å². The molecule has 1 heterocycles. The lowest BCUT2D eigenvalue weighted by atomic mass is 9.67. The zero-order chi connectivity index (χ0) is 25.4. The van der Waals surface area contributed by atoms with Gasteiger partial charge < -0.3 is 9.84 Å². The number of fused-ring (bicyclic) bond motifs is 5. The third-order valence-electron chi connectivity index (χ3n) is 8.26. The van der Waals surface area contributed by atoms with Crippen LogP contribution >= 0.6 is 0 Å². The summed E-state index contributed by atoms with van der Waals surface area (Å²) >= 11 is 0. The van der Waals surface area contributed by atoms with Crippen molar-refractivity contribution in [3.8, 4) is 5.75 Å². The van der Waals surface area contributed by atoms with Gasteiger partial charge in [-0.25, -0.2) is 0 Å². The molecule has 2 aliphatic carbocycles. The van der Waals surface area contributed by atoms with Crippen LogP contribution in [-0.2, 0) is 16.8 Å². The van der Waals surface area contributed by atoms with E-state index in [1.807, 2.05) is 24.3 Å². The molecule has 0 bridgehead atoms. The van der Waals surface area contributed by atoms with E-state index in [2.05, 4.69) is 12.1 Å². The average molecular weight is 494 g/mol. The quantitative estimate of drug-likeness (QED) is 0.198. The minimum absolute atomic E-state index is 0.103. The number of nitrogens with zero attached hydrogens (tertiary/aromatic N) is 1. The number of allylic oxidation sites excluding steroid dienone is 2. The zero-order valence-corrected chi connectivity index (χ0v) is 22.0. The van der Waals surface area contributed by atoms with Crippen LogP contribution in [-0.4, -0.2) is 16.7 Å². The van der Waals surface area contributed by atoms with Crippen molar-refractivity contribution >= 4 is 5.78 Å². The van der Waals surface area contributed by atoms with Gasteiger partial charge in [0, 0.05) is 17.6 Å². The van der Waals surface area contributed by atoms with Crippen molar-refractivity contribution in [2.75, 3.05) is 0 Å². The van der Waals surface area contributed by atoms with Gasteiger partial charge in [-0.2, -0.15) is 0 Å². The molecule has 0 saturated heterocycles. The lowest BCUT2D eigenvalue weighted by Crippen LogP contribution is -2.59. The molecular formula is C31H43NO4. The number of carbonyl (C=O) groups excluding carboxylic acids is 1. The van der Waals surface area contributed by atoms with Crippen molar-refractivity contribution in [3.05, 3.63) is 57.5 Å². The number of benzene rings is 1. The molecule has 0 spiro atoms. The highest BCUT2D eigenvalue weighted by Gasteiger charge is 2.71. The predicted octanol–water partition coefficient (Wildman–Crippen LogP) is 7.98. The Bertz CT molecular complexity index is 996. The molecule has 5 heteroatoms. The summed E-state index contributed by atoms with van der Waals surface area (Å²) in [5.74, 6) is -2.05. The van der Waals surface area contributed by atoms with E-state index in [9.17, 15) is 14.8 Å². The number of nitroso groups, excluding NO2 is 1. The Labute approximate surface area is 216 Å². The summed E-state index contributed by atoms with van der Waals surface area (Å²) in [6.07, 6.45) is 23.5. The Morgan fingerprint density at radius 2 is 1.50 bits per heavy atom. The SMILES string of the molecule is CCCCCCCCCCCCCCCc1ccc2c(c1)C1(N=O)C(=O)CC3=CCCC=C3C1(O)O2. The largest absolute Gasteiger partial charge is 0.454 e. The molecule has 1 fully saturated rings. The van der Waals surface area contributed by atoms with Crippen molar-refractivity contribution < 1.29 is 14.6 Å². The summed E-state index contributed by atoms with van der Waals surface area (Å²) in [7, 11) is 0. The Kier molecular flexibility index (Phi) is 9.16. The number of rotatable bonds is 15. The number of unbranched alkanes of at least 4 members (excludes halogenated alkanes) is 12. The Hall–Kier alpha value is -2.27. The van der Waals surface area contributed by atoms with Gasteiger partial charge >= 0.3 is 0 Å². The second kappa shape index (κ2) is 12.3. The molecule has 36 heavy (non-hydrogen) atoms. The van der Waals surface area contributed by atoms with Gasteiger partial charge in [0.15, 0.2) is 5.78 Å². The number of Topliss-reactive ketones (excluding diaryl/α,β-unsaturated/α-hetero) is 1. The third-order valence-corrected chi connectivity index (χ3v) is 8.26. The molecular weight excluding hydrogens is 450 g/mol. The highest BCUT2D eigenvalue weighted by atomic mass is 16.6. The summed E-state index contributed by atoms with van der Waals surface area (Å²) in [6.45, 7) is 2.26. The second-order valence-electron chi connectivity index (χ2n) is 10.9. The number of hydrogen-bond donors (Lipinski definition) is 1. The van der Waals surface area contributed by atoms with Crippen LogP contribution < -0.4 is 4.74 Å². The van der Waals surface area contributed by atoms with Gasteiger partial charge in [-0.15, -0.1) is 4.91 Å². The summed E-state index contributed by atoms with van der Waals surface area (Å²) in [6, 6.07) is 5.64. The standard InChI is InChI=1S/C31H43NO4/c1-2-3-4-5-6-7-8-9-10-11-12-13-14-17-24-20-21-28-27(22-24)30(32-35)29(33)23-25-18-15-16-19-26(25)31(30,34)36-28/h18-22,34H,2-17,23H2,1H3. The maximum atomic E-state index is 13.2. The van der Waals surface area contributed by atoms with Gasteiger partial charge in [0.2, 0.25) is 0 Å². The summed E-state index contributed by atoms with van der Waals surface area (Å²) in [5, 5.41) is 14.9. The molecule has 2 unspecified atom stereocenters. The van der Waals surface area contributed by atoms with Crippen molar-refractivity contribution in [3.63, 3.8) is 0 Å². The highest BCUT2D eigenvalue weighted by molar-refractivity contribution is 5.98. The molecule has 1 aromatic carbocycles. The molecule has 2 atom stereocenters. The highest BCUT2D eigenvalue weighted by Crippen LogP contribution is 2.58. The Morgan fingerprint density at radius 1 is 0.889 bits per heavy atom. The fraction of sp³-hybridized carbons (Fsp3) is 0.645. The van der Waals surface area contributed by atoms with Crippen molar-refractivity contribution in [2.24, 2.45) is 5.18 Å². The predicted molar refractivity (Wildman–Crippen MR) is 144 cm³/mol. The lowest BCUT2D eigenvalue weighted by Gasteiger charge is -2.41. The minimum atomic E-state index is -2.05. The summed E-state index contributed by atoms with van der Waals surface area (Å²) < 4.78 is 5.94. The van der Waals surface area contributed by atoms with E-state index in [-0.39, 0.29) is 12.2 Å². The van der Waals surface area contributed by atoms with Gasteiger partial charge in [0.05, 0.1) is 0 Å². The maximum Gasteiger partial charge on any atom is 0.275 e. The van der Waals surface area contributed by atoms with Crippen molar-refractivity contribution in [1.29, 1.82) is 0 Å². The lowest BCUT2D eigenvalue weighted by molar-refractivity contribution is -0.164. The van der Waals surface area contributed by atoms with Crippen molar-refractivity contribution in [2.45, 2.75) is 127 Å². The topological polar surface area (TPSA) is 76.0 Å². The van der Waals surface area contributed by atoms with Crippen LogP contribution in [0.2, 0.25) is 0 Å². The van der Waals surface area contributed by atoms with Crippen LogP contribution in [0.4, 0.5) is 0 Å². The minimum Gasteiger partial charge on any atom is -0.454 e. The first-order valence-electron chi connectivity index (χ1n) is 14.4. The van der Waals surface area contributed by atoms with E-state index < -0.39 is 11.3 Å². The molecule has 1 saturated carbocycles. The molecule has 0 amide bonds. The zero-order valence-electron chi connectivity index (χ0n) is 22.0. The number of carbonyl (C=O) groups is 1. The first-order chi connectivity index (χ1) is 17.6. The van der Waals surface area contributed by atoms with Crippen molar-refractivity contribution in [1.82, 2.24) is 0 Å². The van der Waals surface area contributed by atoms with Crippen LogP contribution in [0.5, 0.6) is 5.75 Å². The Morgan fingerprint density at radius 3 is 2.14 bits per heavy atom. The van der Waals surface area contributed by atoms with Gasteiger partial charge in [-0.05, 0) is 54.1 Å². The van der Waals surface area contributed by atoms with Crippen LogP contribution in [0.25, 0.3) is 0 Å². The third kappa shape index (κ3) is 5.22. The molecule has 5 nitrogen and oxygen atoms in total. The summed E-state index contributed by atoms with van der Waals surface area (Å²) in [4.78, 5) is 25.5.